The second-order valence-corrected chi connectivity index (χ2v) is 9.53. The lowest BCUT2D eigenvalue weighted by atomic mass is 9.82. The van der Waals surface area contributed by atoms with Crippen LogP contribution in [0, 0.1) is 6.92 Å². The Labute approximate surface area is 223 Å². The fourth-order valence-electron chi connectivity index (χ4n) is 4.97. The number of hydrogen-bond acceptors (Lipinski definition) is 4. The van der Waals surface area contributed by atoms with E-state index >= 15 is 0 Å². The summed E-state index contributed by atoms with van der Waals surface area (Å²) in [5.41, 5.74) is -2.28. The van der Waals surface area contributed by atoms with Gasteiger partial charge in [0.25, 0.3) is 0 Å². The van der Waals surface area contributed by atoms with E-state index < -0.39 is 29.0 Å². The van der Waals surface area contributed by atoms with Crippen LogP contribution < -0.4 is 14.4 Å². The largest absolute Gasteiger partial charge is 0.497 e. The number of anilines is 1. The minimum absolute atomic E-state index is 0.0871. The lowest BCUT2D eigenvalue weighted by Gasteiger charge is -2.47. The van der Waals surface area contributed by atoms with Crippen molar-refractivity contribution in [2.45, 2.75) is 24.3 Å². The van der Waals surface area contributed by atoms with Gasteiger partial charge in [0.2, 0.25) is 0 Å². The van der Waals surface area contributed by atoms with Crippen LogP contribution in [-0.2, 0) is 24.3 Å². The molecule has 4 rings (SSSR count). The third-order valence-electron chi connectivity index (χ3n) is 7.04. The van der Waals surface area contributed by atoms with E-state index in [9.17, 15) is 26.3 Å². The summed E-state index contributed by atoms with van der Waals surface area (Å²) in [7, 11) is 3.12. The number of ether oxygens (including phenoxy) is 2. The number of methoxy groups -OCH3 is 2. The topological polar surface area (TPSA) is 24.9 Å². The first-order valence-corrected chi connectivity index (χ1v) is 12.3. The van der Waals surface area contributed by atoms with Gasteiger partial charge in [-0.25, -0.2) is 0 Å². The molecule has 1 aliphatic rings. The van der Waals surface area contributed by atoms with Crippen molar-refractivity contribution in [2.75, 3.05) is 45.3 Å². The molecule has 4 nitrogen and oxygen atoms in total. The molecule has 0 aliphatic carbocycles. The van der Waals surface area contributed by atoms with Crippen LogP contribution in [0.25, 0.3) is 0 Å². The highest BCUT2D eigenvalue weighted by Crippen LogP contribution is 2.40. The van der Waals surface area contributed by atoms with Gasteiger partial charge in [-0.2, -0.15) is 26.3 Å². The van der Waals surface area contributed by atoms with Gasteiger partial charge in [0.05, 0.1) is 30.9 Å². The number of piperazine rings is 1. The average molecular weight is 552 g/mol. The Balaban J connectivity index is 1.66. The van der Waals surface area contributed by atoms with Crippen LogP contribution in [0.5, 0.6) is 11.5 Å². The molecule has 209 valence electrons. The molecule has 0 amide bonds. The van der Waals surface area contributed by atoms with Gasteiger partial charge in [-0.3, -0.25) is 4.90 Å². The van der Waals surface area contributed by atoms with Crippen molar-refractivity contribution in [1.29, 1.82) is 0 Å². The van der Waals surface area contributed by atoms with Crippen molar-refractivity contribution < 1.29 is 35.8 Å². The molecule has 1 atom stereocenters. The van der Waals surface area contributed by atoms with E-state index in [0.29, 0.717) is 43.2 Å². The summed E-state index contributed by atoms with van der Waals surface area (Å²) in [6.45, 7) is 6.46. The molecule has 0 aromatic heterocycles. The van der Waals surface area contributed by atoms with E-state index in [1.807, 2.05) is 17.0 Å². The zero-order valence-corrected chi connectivity index (χ0v) is 21.6. The normalized spacial score (nSPS) is 16.6. The van der Waals surface area contributed by atoms with E-state index in [-0.39, 0.29) is 18.1 Å². The number of benzene rings is 3. The summed E-state index contributed by atoms with van der Waals surface area (Å²) in [6.07, 6.45) is -9.98. The quantitative estimate of drug-likeness (QED) is 0.301. The van der Waals surface area contributed by atoms with Gasteiger partial charge in [-0.1, -0.05) is 30.3 Å². The summed E-state index contributed by atoms with van der Waals surface area (Å²) < 4.78 is 92.0. The fraction of sp³-hybridized carbons (Fsp3) is 0.345. The third-order valence-corrected chi connectivity index (χ3v) is 7.04. The summed E-state index contributed by atoms with van der Waals surface area (Å²) in [4.78, 5) is 4.14. The zero-order chi connectivity index (χ0) is 28.4. The van der Waals surface area contributed by atoms with Gasteiger partial charge >= 0.3 is 12.4 Å². The molecular weight excluding hydrogens is 522 g/mol. The molecule has 1 aliphatic heterocycles. The van der Waals surface area contributed by atoms with Crippen molar-refractivity contribution in [3.63, 3.8) is 0 Å². The van der Waals surface area contributed by atoms with E-state index in [2.05, 4.69) is 11.8 Å². The molecule has 0 spiro atoms. The highest BCUT2D eigenvalue weighted by molar-refractivity contribution is 5.56. The number of nitrogens with zero attached hydrogens (tertiary/aromatic N) is 2. The average Bonchev–Trinajstić information content (AvgIpc) is 2.92. The van der Waals surface area contributed by atoms with Gasteiger partial charge in [0.1, 0.15) is 11.5 Å². The monoisotopic (exact) mass is 551 g/mol. The number of hydrogen-bond donors (Lipinski definition) is 0. The molecule has 10 heteroatoms. The van der Waals surface area contributed by atoms with Crippen molar-refractivity contribution in [2.24, 2.45) is 0 Å². The SMILES string of the molecule is [CH2]C(Cc1cc(C(F)(F)F)cc(C(F)(F)F)c1)(c1ccccc1)N1CCN(c2cc(OC)cc(OC)c2)CC1. The van der Waals surface area contributed by atoms with Crippen molar-refractivity contribution >= 4 is 5.69 Å². The smallest absolute Gasteiger partial charge is 0.416 e. The second-order valence-electron chi connectivity index (χ2n) is 9.53. The highest BCUT2D eigenvalue weighted by atomic mass is 19.4. The summed E-state index contributed by atoms with van der Waals surface area (Å²) in [5, 5.41) is 0. The molecule has 1 unspecified atom stereocenters. The fourth-order valence-corrected chi connectivity index (χ4v) is 4.97. The Morgan fingerprint density at radius 1 is 0.692 bits per heavy atom. The molecule has 1 radical (unpaired) electrons. The van der Waals surface area contributed by atoms with Crippen LogP contribution in [0.1, 0.15) is 22.3 Å². The van der Waals surface area contributed by atoms with Crippen LogP contribution in [-0.4, -0.2) is 45.3 Å². The molecular formula is C29H29F6N2O2. The van der Waals surface area contributed by atoms with Gasteiger partial charge in [-0.05, 0) is 42.7 Å². The van der Waals surface area contributed by atoms with Gasteiger partial charge in [-0.15, -0.1) is 0 Å². The molecule has 3 aromatic rings. The summed E-state index contributed by atoms with van der Waals surface area (Å²) in [6, 6.07) is 16.2. The van der Waals surface area contributed by atoms with Crippen molar-refractivity contribution in [3.8, 4) is 11.5 Å². The van der Waals surface area contributed by atoms with Gasteiger partial charge < -0.3 is 14.4 Å². The minimum Gasteiger partial charge on any atom is -0.497 e. The zero-order valence-electron chi connectivity index (χ0n) is 21.6. The predicted octanol–water partition coefficient (Wildman–Crippen LogP) is 6.84. The van der Waals surface area contributed by atoms with Crippen LogP contribution in [0.15, 0.2) is 66.7 Å². The molecule has 1 saturated heterocycles. The molecule has 1 heterocycles. The molecule has 3 aromatic carbocycles. The first-order chi connectivity index (χ1) is 18.3. The Morgan fingerprint density at radius 2 is 1.21 bits per heavy atom. The molecule has 0 N–H and O–H groups in total. The molecule has 39 heavy (non-hydrogen) atoms. The maximum absolute atomic E-state index is 13.5. The van der Waals surface area contributed by atoms with E-state index in [0.717, 1.165) is 17.8 Å². The first kappa shape index (κ1) is 28.6. The second kappa shape index (κ2) is 11.0. The van der Waals surface area contributed by atoms with Crippen molar-refractivity contribution in [1.82, 2.24) is 4.90 Å². The third kappa shape index (κ3) is 6.43. The van der Waals surface area contributed by atoms with E-state index in [1.54, 1.807) is 50.6 Å². The molecule has 1 fully saturated rings. The lowest BCUT2D eigenvalue weighted by Crippen LogP contribution is -2.55. The molecule has 0 bridgehead atoms. The predicted molar refractivity (Wildman–Crippen MR) is 137 cm³/mol. The van der Waals surface area contributed by atoms with Crippen LogP contribution in [0.4, 0.5) is 32.0 Å². The summed E-state index contributed by atoms with van der Waals surface area (Å²) in [5.74, 6) is 1.26. The van der Waals surface area contributed by atoms with Crippen molar-refractivity contribution in [3.05, 3.63) is 95.9 Å². The Hall–Kier alpha value is -3.40. The first-order valence-electron chi connectivity index (χ1n) is 12.3. The minimum atomic E-state index is -4.92. The Kier molecular flexibility index (Phi) is 8.07. The number of rotatable bonds is 7. The number of alkyl halides is 6. The standard InChI is InChI=1S/C29H29F6N2O2/c1-27(21-7-5-4-6-8-21,19-20-13-22(28(30,31)32)15-23(14-20)29(33,34)35)37-11-9-36(10-12-37)24-16-25(38-2)18-26(17-24)39-3/h4-8,13-18H,1,9-12,19H2,2-3H3. The van der Waals surface area contributed by atoms with Crippen LogP contribution in [0.3, 0.4) is 0 Å². The van der Waals surface area contributed by atoms with E-state index in [1.165, 1.54) is 0 Å². The van der Waals surface area contributed by atoms with Gasteiger partial charge in [0, 0.05) is 50.1 Å². The lowest BCUT2D eigenvalue weighted by molar-refractivity contribution is -0.143. The van der Waals surface area contributed by atoms with Gasteiger partial charge in [0.15, 0.2) is 0 Å². The summed E-state index contributed by atoms with van der Waals surface area (Å²) >= 11 is 0. The van der Waals surface area contributed by atoms with Crippen LogP contribution >= 0.6 is 0 Å². The Morgan fingerprint density at radius 3 is 1.67 bits per heavy atom. The maximum Gasteiger partial charge on any atom is 0.416 e. The van der Waals surface area contributed by atoms with Crippen LogP contribution in [0.2, 0.25) is 0 Å². The highest BCUT2D eigenvalue weighted by Gasteiger charge is 2.40. The Bertz CT molecular complexity index is 1220. The van der Waals surface area contributed by atoms with E-state index in [4.69, 9.17) is 9.47 Å². The molecule has 0 saturated carbocycles. The number of halogens is 6. The maximum atomic E-state index is 13.5.